The summed E-state index contributed by atoms with van der Waals surface area (Å²) >= 11 is 0. The molecule has 0 spiro atoms. The highest BCUT2D eigenvalue weighted by atomic mass is 32.2. The molecule has 1 N–H and O–H groups in total. The Morgan fingerprint density at radius 1 is 1.26 bits per heavy atom. The Kier molecular flexibility index (Phi) is 3.00. The molecule has 0 unspecified atom stereocenters. The summed E-state index contributed by atoms with van der Waals surface area (Å²) in [6.45, 7) is 0.956. The van der Waals surface area contributed by atoms with Crippen LogP contribution < -0.4 is 4.74 Å². The minimum atomic E-state index is -3.55. The molecule has 2 aromatic rings. The van der Waals surface area contributed by atoms with Crippen molar-refractivity contribution < 1.29 is 13.2 Å². The van der Waals surface area contributed by atoms with Gasteiger partial charge in [-0.25, -0.2) is 8.42 Å². The van der Waals surface area contributed by atoms with E-state index in [9.17, 15) is 8.42 Å². The molecule has 0 atom stereocenters. The molecule has 1 aromatic carbocycles. The molecule has 1 aliphatic heterocycles. The molecular formula is C12H13N3O3S. The summed E-state index contributed by atoms with van der Waals surface area (Å²) in [4.78, 5) is 0. The van der Waals surface area contributed by atoms with Crippen molar-refractivity contribution in [3.8, 4) is 5.75 Å². The van der Waals surface area contributed by atoms with Gasteiger partial charge in [-0.1, -0.05) is 18.2 Å². The summed E-state index contributed by atoms with van der Waals surface area (Å²) in [7, 11) is -3.55. The first kappa shape index (κ1) is 12.2. The molecule has 0 saturated heterocycles. The Balaban J connectivity index is 1.95. The number of H-pyrrole nitrogens is 1. The van der Waals surface area contributed by atoms with Gasteiger partial charge < -0.3 is 4.74 Å². The van der Waals surface area contributed by atoms with Crippen molar-refractivity contribution in [1.82, 2.24) is 14.5 Å². The Bertz CT molecular complexity index is 667. The first-order valence-electron chi connectivity index (χ1n) is 5.88. The second kappa shape index (κ2) is 4.67. The lowest BCUT2D eigenvalue weighted by Crippen LogP contribution is -2.32. The fraction of sp³-hybridized carbons (Fsp3) is 0.250. The fourth-order valence-corrected chi connectivity index (χ4v) is 3.34. The van der Waals surface area contributed by atoms with Crippen LogP contribution in [-0.4, -0.2) is 36.1 Å². The molecular weight excluding hydrogens is 266 g/mol. The molecule has 0 aliphatic carbocycles. The van der Waals surface area contributed by atoms with E-state index in [-0.39, 0.29) is 5.03 Å². The number of fused-ring (bicyclic) bond motifs is 1. The number of para-hydroxylation sites is 1. The van der Waals surface area contributed by atoms with Gasteiger partial charge in [0.05, 0.1) is 6.20 Å². The molecule has 0 radical (unpaired) electrons. The smallest absolute Gasteiger partial charge is 0.260 e. The monoisotopic (exact) mass is 279 g/mol. The maximum atomic E-state index is 12.4. The minimum absolute atomic E-state index is 0.104. The van der Waals surface area contributed by atoms with E-state index in [0.29, 0.717) is 19.7 Å². The van der Waals surface area contributed by atoms with E-state index in [2.05, 4.69) is 10.2 Å². The van der Waals surface area contributed by atoms with Crippen LogP contribution in [-0.2, 0) is 16.6 Å². The van der Waals surface area contributed by atoms with Crippen molar-refractivity contribution in [2.24, 2.45) is 0 Å². The molecule has 6 nitrogen and oxygen atoms in total. The number of aromatic nitrogens is 2. The fourth-order valence-electron chi connectivity index (χ4n) is 2.03. The second-order valence-electron chi connectivity index (χ2n) is 4.22. The van der Waals surface area contributed by atoms with Crippen molar-refractivity contribution in [3.63, 3.8) is 0 Å². The number of rotatable bonds is 2. The highest BCUT2D eigenvalue weighted by molar-refractivity contribution is 7.89. The van der Waals surface area contributed by atoms with Crippen LogP contribution in [0.5, 0.6) is 5.75 Å². The number of ether oxygens (including phenoxy) is 1. The standard InChI is InChI=1S/C12H13N3O3S/c16-19(17,12-5-6-13-14-12)15-7-8-18-11-4-2-1-3-10(11)9-15/h1-6H,7-9H2,(H,13,14). The van der Waals surface area contributed by atoms with Crippen molar-refractivity contribution in [1.29, 1.82) is 0 Å². The number of nitrogens with zero attached hydrogens (tertiary/aromatic N) is 2. The summed E-state index contributed by atoms with van der Waals surface area (Å²) in [6.07, 6.45) is 1.43. The number of hydrogen-bond donors (Lipinski definition) is 1. The van der Waals surface area contributed by atoms with Crippen LogP contribution in [0.4, 0.5) is 0 Å². The number of sulfonamides is 1. The quantitative estimate of drug-likeness (QED) is 0.889. The lowest BCUT2D eigenvalue weighted by atomic mass is 10.2. The topological polar surface area (TPSA) is 75.3 Å². The average Bonchev–Trinajstić information content (AvgIpc) is 2.85. The van der Waals surface area contributed by atoms with E-state index in [4.69, 9.17) is 4.74 Å². The lowest BCUT2D eigenvalue weighted by molar-refractivity contribution is 0.292. The van der Waals surface area contributed by atoms with Crippen LogP contribution in [0.3, 0.4) is 0 Å². The first-order valence-corrected chi connectivity index (χ1v) is 7.32. The van der Waals surface area contributed by atoms with E-state index in [0.717, 1.165) is 11.3 Å². The maximum absolute atomic E-state index is 12.4. The second-order valence-corrected chi connectivity index (χ2v) is 6.12. The molecule has 19 heavy (non-hydrogen) atoms. The minimum Gasteiger partial charge on any atom is -0.492 e. The Hall–Kier alpha value is -1.86. The third-order valence-electron chi connectivity index (χ3n) is 3.01. The largest absolute Gasteiger partial charge is 0.492 e. The Morgan fingerprint density at radius 3 is 2.89 bits per heavy atom. The van der Waals surface area contributed by atoms with Gasteiger partial charge in [-0.2, -0.15) is 9.40 Å². The van der Waals surface area contributed by atoms with Crippen molar-refractivity contribution in [2.45, 2.75) is 11.6 Å². The number of hydrogen-bond acceptors (Lipinski definition) is 4. The zero-order chi connectivity index (χ0) is 13.3. The highest BCUT2D eigenvalue weighted by Gasteiger charge is 2.28. The molecule has 2 heterocycles. The van der Waals surface area contributed by atoms with E-state index in [1.165, 1.54) is 16.6 Å². The number of nitrogens with one attached hydrogen (secondary N) is 1. The van der Waals surface area contributed by atoms with Crippen molar-refractivity contribution in [3.05, 3.63) is 42.1 Å². The molecule has 0 bridgehead atoms. The average molecular weight is 279 g/mol. The zero-order valence-corrected chi connectivity index (χ0v) is 10.9. The molecule has 1 aromatic heterocycles. The van der Waals surface area contributed by atoms with Gasteiger partial charge in [-0.3, -0.25) is 5.10 Å². The van der Waals surface area contributed by atoms with E-state index in [1.807, 2.05) is 24.3 Å². The lowest BCUT2D eigenvalue weighted by Gasteiger charge is -2.18. The summed E-state index contributed by atoms with van der Waals surface area (Å²) < 4.78 is 31.8. The van der Waals surface area contributed by atoms with Gasteiger partial charge in [0.2, 0.25) is 0 Å². The molecule has 3 rings (SSSR count). The molecule has 0 fully saturated rings. The van der Waals surface area contributed by atoms with Gasteiger partial charge >= 0.3 is 0 Å². The summed E-state index contributed by atoms with van der Waals surface area (Å²) in [5.74, 6) is 0.741. The highest BCUT2D eigenvalue weighted by Crippen LogP contribution is 2.25. The van der Waals surface area contributed by atoms with Crippen molar-refractivity contribution >= 4 is 10.0 Å². The van der Waals surface area contributed by atoms with Crippen LogP contribution in [0.15, 0.2) is 41.6 Å². The Morgan fingerprint density at radius 2 is 2.11 bits per heavy atom. The molecule has 0 saturated carbocycles. The van der Waals surface area contributed by atoms with E-state index in [1.54, 1.807) is 0 Å². The van der Waals surface area contributed by atoms with Gasteiger partial charge in [0.1, 0.15) is 12.4 Å². The zero-order valence-electron chi connectivity index (χ0n) is 10.1. The van der Waals surface area contributed by atoms with Gasteiger partial charge in [0, 0.05) is 18.7 Å². The first-order chi connectivity index (χ1) is 9.18. The van der Waals surface area contributed by atoms with E-state index >= 15 is 0 Å². The predicted octanol–water partition coefficient (Wildman–Crippen LogP) is 0.993. The van der Waals surface area contributed by atoms with Crippen LogP contribution in [0.1, 0.15) is 5.56 Å². The van der Waals surface area contributed by atoms with Gasteiger partial charge in [0.15, 0.2) is 5.03 Å². The number of benzene rings is 1. The van der Waals surface area contributed by atoms with Crippen LogP contribution >= 0.6 is 0 Å². The SMILES string of the molecule is O=S(=O)(c1ccn[nH]1)N1CCOc2ccccc2C1. The normalized spacial score (nSPS) is 16.4. The molecule has 7 heteroatoms. The summed E-state index contributed by atoms with van der Waals surface area (Å²) in [5.41, 5.74) is 0.864. The number of aromatic amines is 1. The van der Waals surface area contributed by atoms with E-state index < -0.39 is 10.0 Å². The van der Waals surface area contributed by atoms with Crippen LogP contribution in [0, 0.1) is 0 Å². The summed E-state index contributed by atoms with van der Waals surface area (Å²) in [6, 6.07) is 8.91. The molecule has 1 aliphatic rings. The molecule has 100 valence electrons. The van der Waals surface area contributed by atoms with Crippen LogP contribution in [0.25, 0.3) is 0 Å². The predicted molar refractivity (Wildman–Crippen MR) is 68.1 cm³/mol. The maximum Gasteiger partial charge on any atom is 0.260 e. The third-order valence-corrected chi connectivity index (χ3v) is 4.79. The van der Waals surface area contributed by atoms with Gasteiger partial charge in [-0.15, -0.1) is 0 Å². The van der Waals surface area contributed by atoms with Gasteiger partial charge in [-0.05, 0) is 12.1 Å². The summed E-state index contributed by atoms with van der Waals surface area (Å²) in [5, 5.41) is 6.29. The molecule has 0 amide bonds. The Labute approximate surface area is 111 Å². The van der Waals surface area contributed by atoms with Gasteiger partial charge in [0.25, 0.3) is 10.0 Å². The van der Waals surface area contributed by atoms with Crippen molar-refractivity contribution in [2.75, 3.05) is 13.2 Å². The van der Waals surface area contributed by atoms with Crippen LogP contribution in [0.2, 0.25) is 0 Å². The third kappa shape index (κ3) is 2.22.